The SMILES string of the molecule is CC1(NCc2nc(-c3ccccc3)cs2)CCCC1. The Kier molecular flexibility index (Phi) is 3.67. The monoisotopic (exact) mass is 272 g/mol. The molecular weight excluding hydrogens is 252 g/mol. The van der Waals surface area contributed by atoms with Crippen LogP contribution in [-0.4, -0.2) is 10.5 Å². The van der Waals surface area contributed by atoms with E-state index in [1.165, 1.54) is 36.3 Å². The highest BCUT2D eigenvalue weighted by Crippen LogP contribution is 2.29. The van der Waals surface area contributed by atoms with Gasteiger partial charge in [-0.1, -0.05) is 43.2 Å². The Balaban J connectivity index is 1.65. The molecule has 1 aliphatic carbocycles. The number of hydrogen-bond donors (Lipinski definition) is 1. The Morgan fingerprint density at radius 1 is 1.21 bits per heavy atom. The highest BCUT2D eigenvalue weighted by atomic mass is 32.1. The molecule has 1 saturated carbocycles. The molecule has 0 saturated heterocycles. The van der Waals surface area contributed by atoms with Gasteiger partial charge in [0.05, 0.1) is 5.69 Å². The molecule has 0 amide bonds. The molecule has 1 aliphatic rings. The molecule has 2 aromatic rings. The van der Waals surface area contributed by atoms with Crippen LogP contribution in [0.25, 0.3) is 11.3 Å². The Morgan fingerprint density at radius 3 is 2.68 bits per heavy atom. The van der Waals surface area contributed by atoms with E-state index in [0.29, 0.717) is 5.54 Å². The van der Waals surface area contributed by atoms with Gasteiger partial charge in [0.15, 0.2) is 0 Å². The van der Waals surface area contributed by atoms with E-state index < -0.39 is 0 Å². The fraction of sp³-hybridized carbons (Fsp3) is 0.438. The van der Waals surface area contributed by atoms with Gasteiger partial charge < -0.3 is 5.32 Å². The third kappa shape index (κ3) is 3.04. The highest BCUT2D eigenvalue weighted by molar-refractivity contribution is 7.09. The van der Waals surface area contributed by atoms with Crippen LogP contribution < -0.4 is 5.32 Å². The molecular formula is C16H20N2S. The van der Waals surface area contributed by atoms with Gasteiger partial charge in [-0.25, -0.2) is 4.98 Å². The number of aromatic nitrogens is 1. The third-order valence-corrected chi connectivity index (χ3v) is 4.84. The summed E-state index contributed by atoms with van der Waals surface area (Å²) in [5.41, 5.74) is 2.63. The van der Waals surface area contributed by atoms with E-state index in [0.717, 1.165) is 12.2 Å². The lowest BCUT2D eigenvalue weighted by atomic mass is 10.0. The number of benzene rings is 1. The molecule has 1 aromatic heterocycles. The first-order valence-corrected chi connectivity index (χ1v) is 7.88. The molecule has 100 valence electrons. The number of nitrogens with zero attached hydrogens (tertiary/aromatic N) is 1. The fourth-order valence-electron chi connectivity index (χ4n) is 2.75. The van der Waals surface area contributed by atoms with E-state index in [1.807, 2.05) is 6.07 Å². The van der Waals surface area contributed by atoms with Gasteiger partial charge in [-0.15, -0.1) is 11.3 Å². The van der Waals surface area contributed by atoms with E-state index in [4.69, 9.17) is 4.98 Å². The second-order valence-corrected chi connectivity index (χ2v) is 6.56. The first kappa shape index (κ1) is 12.8. The Morgan fingerprint density at radius 2 is 1.95 bits per heavy atom. The fourth-order valence-corrected chi connectivity index (χ4v) is 3.50. The molecule has 0 spiro atoms. The number of nitrogens with one attached hydrogen (secondary N) is 1. The molecule has 1 N–H and O–H groups in total. The van der Waals surface area contributed by atoms with Crippen molar-refractivity contribution in [1.82, 2.24) is 10.3 Å². The first-order valence-electron chi connectivity index (χ1n) is 7.00. The van der Waals surface area contributed by atoms with E-state index in [2.05, 4.69) is 41.9 Å². The van der Waals surface area contributed by atoms with Crippen molar-refractivity contribution in [2.45, 2.75) is 44.7 Å². The van der Waals surface area contributed by atoms with Crippen molar-refractivity contribution in [3.63, 3.8) is 0 Å². The van der Waals surface area contributed by atoms with E-state index in [9.17, 15) is 0 Å². The smallest absolute Gasteiger partial charge is 0.107 e. The van der Waals surface area contributed by atoms with Crippen molar-refractivity contribution in [3.05, 3.63) is 40.7 Å². The minimum absolute atomic E-state index is 0.332. The van der Waals surface area contributed by atoms with Crippen LogP contribution in [0.4, 0.5) is 0 Å². The van der Waals surface area contributed by atoms with Gasteiger partial charge in [0.2, 0.25) is 0 Å². The van der Waals surface area contributed by atoms with Crippen LogP contribution in [0.15, 0.2) is 35.7 Å². The predicted octanol–water partition coefficient (Wildman–Crippen LogP) is 4.23. The topological polar surface area (TPSA) is 24.9 Å². The molecule has 1 aromatic carbocycles. The second kappa shape index (κ2) is 5.43. The zero-order valence-corrected chi connectivity index (χ0v) is 12.2. The highest BCUT2D eigenvalue weighted by Gasteiger charge is 2.27. The molecule has 3 heteroatoms. The van der Waals surface area contributed by atoms with Crippen LogP contribution in [-0.2, 0) is 6.54 Å². The molecule has 1 heterocycles. The first-order chi connectivity index (χ1) is 9.25. The van der Waals surface area contributed by atoms with Gasteiger partial charge in [-0.05, 0) is 19.8 Å². The van der Waals surface area contributed by atoms with Gasteiger partial charge in [0, 0.05) is 23.0 Å². The summed E-state index contributed by atoms with van der Waals surface area (Å²) in [7, 11) is 0. The number of thiazole rings is 1. The van der Waals surface area contributed by atoms with E-state index in [1.54, 1.807) is 11.3 Å². The zero-order chi connectivity index (χ0) is 13.1. The lowest BCUT2D eigenvalue weighted by molar-refractivity contribution is 0.362. The molecule has 0 bridgehead atoms. The minimum Gasteiger partial charge on any atom is -0.305 e. The third-order valence-electron chi connectivity index (χ3n) is 3.99. The van der Waals surface area contributed by atoms with Crippen molar-refractivity contribution < 1.29 is 0 Å². The maximum atomic E-state index is 4.73. The zero-order valence-electron chi connectivity index (χ0n) is 11.4. The summed E-state index contributed by atoms with van der Waals surface area (Å²) < 4.78 is 0. The average Bonchev–Trinajstić information content (AvgIpc) is 3.07. The molecule has 3 rings (SSSR count). The van der Waals surface area contributed by atoms with Gasteiger partial charge in [-0.3, -0.25) is 0 Å². The Bertz CT molecular complexity index is 527. The average molecular weight is 272 g/mol. The van der Waals surface area contributed by atoms with Gasteiger partial charge in [0.1, 0.15) is 5.01 Å². The van der Waals surface area contributed by atoms with E-state index >= 15 is 0 Å². The molecule has 2 nitrogen and oxygen atoms in total. The molecule has 0 aliphatic heterocycles. The van der Waals surface area contributed by atoms with Gasteiger partial charge in [-0.2, -0.15) is 0 Å². The van der Waals surface area contributed by atoms with Crippen LogP contribution in [0.1, 0.15) is 37.6 Å². The molecule has 0 unspecified atom stereocenters. The van der Waals surface area contributed by atoms with Crippen LogP contribution in [0, 0.1) is 0 Å². The van der Waals surface area contributed by atoms with Crippen molar-refractivity contribution in [2.75, 3.05) is 0 Å². The summed E-state index contributed by atoms with van der Waals surface area (Å²) in [5, 5.41) is 7.03. The number of hydrogen-bond acceptors (Lipinski definition) is 3. The van der Waals surface area contributed by atoms with E-state index in [-0.39, 0.29) is 0 Å². The molecule has 19 heavy (non-hydrogen) atoms. The Labute approximate surface area is 118 Å². The maximum absolute atomic E-state index is 4.73. The summed E-state index contributed by atoms with van der Waals surface area (Å²) in [6.45, 7) is 3.24. The normalized spacial score (nSPS) is 17.7. The van der Waals surface area contributed by atoms with Crippen LogP contribution in [0.3, 0.4) is 0 Å². The summed E-state index contributed by atoms with van der Waals surface area (Å²) in [5.74, 6) is 0. The van der Waals surface area contributed by atoms with Crippen molar-refractivity contribution in [1.29, 1.82) is 0 Å². The maximum Gasteiger partial charge on any atom is 0.107 e. The lowest BCUT2D eigenvalue weighted by Crippen LogP contribution is -2.38. The van der Waals surface area contributed by atoms with Crippen LogP contribution in [0.5, 0.6) is 0 Å². The Hall–Kier alpha value is -1.19. The summed E-state index contributed by atoms with van der Waals surface area (Å²) in [4.78, 5) is 4.73. The summed E-state index contributed by atoms with van der Waals surface area (Å²) in [6.07, 6.45) is 5.31. The molecule has 1 fully saturated rings. The lowest BCUT2D eigenvalue weighted by Gasteiger charge is -2.24. The van der Waals surface area contributed by atoms with Crippen molar-refractivity contribution >= 4 is 11.3 Å². The van der Waals surface area contributed by atoms with Crippen molar-refractivity contribution in [3.8, 4) is 11.3 Å². The minimum atomic E-state index is 0.332. The van der Waals surface area contributed by atoms with Gasteiger partial charge >= 0.3 is 0 Å². The largest absolute Gasteiger partial charge is 0.305 e. The van der Waals surface area contributed by atoms with Gasteiger partial charge in [0.25, 0.3) is 0 Å². The summed E-state index contributed by atoms with van der Waals surface area (Å²) >= 11 is 1.75. The second-order valence-electron chi connectivity index (χ2n) is 5.61. The standard InChI is InChI=1S/C16H20N2S/c1-16(9-5-6-10-16)17-11-15-18-14(12-19-15)13-7-3-2-4-8-13/h2-4,7-8,12,17H,5-6,9-11H2,1H3. The molecule has 0 atom stereocenters. The quantitative estimate of drug-likeness (QED) is 0.901. The van der Waals surface area contributed by atoms with Crippen LogP contribution in [0.2, 0.25) is 0 Å². The summed E-state index contributed by atoms with van der Waals surface area (Å²) in [6, 6.07) is 10.4. The number of rotatable bonds is 4. The van der Waals surface area contributed by atoms with Crippen molar-refractivity contribution in [2.24, 2.45) is 0 Å². The van der Waals surface area contributed by atoms with Crippen LogP contribution >= 0.6 is 11.3 Å². The molecule has 0 radical (unpaired) electrons. The predicted molar refractivity (Wildman–Crippen MR) is 81.3 cm³/mol.